The average Bonchev–Trinajstić information content (AvgIpc) is 2.27. The number of anilines is 1. The molecule has 0 aliphatic heterocycles. The fourth-order valence-corrected chi connectivity index (χ4v) is 2.49. The first-order valence-corrected chi connectivity index (χ1v) is 7.31. The third kappa shape index (κ3) is 4.34. The van der Waals surface area contributed by atoms with Crippen LogP contribution in [-0.4, -0.2) is 36.8 Å². The van der Waals surface area contributed by atoms with Crippen LogP contribution in [0.1, 0.15) is 5.56 Å². The van der Waals surface area contributed by atoms with E-state index < -0.39 is 0 Å². The van der Waals surface area contributed by atoms with E-state index in [1.807, 2.05) is 12.1 Å². The van der Waals surface area contributed by atoms with Crippen molar-refractivity contribution in [2.45, 2.75) is 6.42 Å². The first-order valence-electron chi connectivity index (χ1n) is 5.43. The lowest BCUT2D eigenvalue weighted by molar-refractivity contribution is -0.126. The minimum absolute atomic E-state index is 0.0355. The summed E-state index contributed by atoms with van der Waals surface area (Å²) in [4.78, 5) is 13.0. The number of carbonyl (C=O) groups is 1. The molecule has 0 spiro atoms. The van der Waals surface area contributed by atoms with Gasteiger partial charge in [0.2, 0.25) is 5.91 Å². The van der Waals surface area contributed by atoms with Gasteiger partial charge in [-0.25, -0.2) is 0 Å². The number of nitrogens with zero attached hydrogens (tertiary/aromatic N) is 1. The molecule has 0 saturated carbocycles. The van der Waals surface area contributed by atoms with Crippen molar-refractivity contribution in [3.63, 3.8) is 0 Å². The van der Waals surface area contributed by atoms with Crippen molar-refractivity contribution in [2.24, 2.45) is 0 Å². The van der Waals surface area contributed by atoms with Crippen LogP contribution in [0, 0.1) is 0 Å². The van der Waals surface area contributed by atoms with Gasteiger partial charge in [0.05, 0.1) is 22.3 Å². The fourth-order valence-electron chi connectivity index (χ4n) is 1.37. The number of likely N-dealkylation sites (N-methyl/N-ethyl adjacent to an activating group) is 1. The zero-order valence-corrected chi connectivity index (χ0v) is 13.4. The number of hydrogen-bond donors (Lipinski definition) is 1. The minimum atomic E-state index is -0.0355. The molecule has 0 unspecified atom stereocenters. The Labute approximate surface area is 126 Å². The van der Waals surface area contributed by atoms with E-state index in [2.05, 4.69) is 21.2 Å². The van der Waals surface area contributed by atoms with Gasteiger partial charge in [-0.05, 0) is 24.1 Å². The summed E-state index contributed by atoms with van der Waals surface area (Å²) in [6, 6.07) is 3.72. The third-order valence-electron chi connectivity index (χ3n) is 2.40. The average molecular weight is 354 g/mol. The second kappa shape index (κ2) is 7.22. The second-order valence-corrected chi connectivity index (χ2v) is 5.62. The van der Waals surface area contributed by atoms with Gasteiger partial charge < -0.3 is 10.2 Å². The third-order valence-corrected chi connectivity index (χ3v) is 3.39. The van der Waals surface area contributed by atoms with Gasteiger partial charge in [0.1, 0.15) is 0 Å². The molecule has 0 fully saturated rings. The molecule has 1 N–H and O–H groups in total. The van der Waals surface area contributed by atoms with E-state index in [1.165, 1.54) is 4.90 Å². The van der Waals surface area contributed by atoms with Gasteiger partial charge in [0.15, 0.2) is 0 Å². The van der Waals surface area contributed by atoms with Gasteiger partial charge in [-0.2, -0.15) is 0 Å². The molecule has 0 aromatic heterocycles. The van der Waals surface area contributed by atoms with E-state index in [1.54, 1.807) is 14.1 Å². The van der Waals surface area contributed by atoms with Crippen molar-refractivity contribution in [2.75, 3.05) is 31.3 Å². The van der Waals surface area contributed by atoms with Crippen molar-refractivity contribution in [3.8, 4) is 0 Å². The Bertz CT molecular complexity index is 415. The van der Waals surface area contributed by atoms with E-state index in [0.717, 1.165) is 17.3 Å². The molecular formula is C12H15BrCl2N2O. The molecule has 18 heavy (non-hydrogen) atoms. The zero-order valence-electron chi connectivity index (χ0n) is 10.3. The molecule has 0 aliphatic rings. The Morgan fingerprint density at radius 1 is 1.33 bits per heavy atom. The Balaban J connectivity index is 2.80. The molecule has 1 amide bonds. The lowest BCUT2D eigenvalue weighted by Gasteiger charge is -2.14. The van der Waals surface area contributed by atoms with Gasteiger partial charge in [-0.3, -0.25) is 4.79 Å². The maximum absolute atomic E-state index is 11.5. The van der Waals surface area contributed by atoms with Crippen LogP contribution in [-0.2, 0) is 11.2 Å². The number of hydrogen-bond acceptors (Lipinski definition) is 2. The van der Waals surface area contributed by atoms with E-state index in [9.17, 15) is 4.79 Å². The van der Waals surface area contributed by atoms with Crippen LogP contribution in [0.4, 0.5) is 5.69 Å². The van der Waals surface area contributed by atoms with Gasteiger partial charge in [0.25, 0.3) is 0 Å². The lowest BCUT2D eigenvalue weighted by Crippen LogP contribution is -2.28. The smallest absolute Gasteiger partial charge is 0.241 e. The minimum Gasteiger partial charge on any atom is -0.374 e. The molecule has 0 heterocycles. The van der Waals surface area contributed by atoms with Crippen molar-refractivity contribution in [1.29, 1.82) is 0 Å². The van der Waals surface area contributed by atoms with Gasteiger partial charge in [-0.1, -0.05) is 39.1 Å². The molecule has 6 heteroatoms. The van der Waals surface area contributed by atoms with E-state index in [0.29, 0.717) is 15.7 Å². The maximum Gasteiger partial charge on any atom is 0.241 e. The van der Waals surface area contributed by atoms with Crippen LogP contribution in [0.3, 0.4) is 0 Å². The summed E-state index contributed by atoms with van der Waals surface area (Å²) in [5.41, 5.74) is 1.67. The highest BCUT2D eigenvalue weighted by molar-refractivity contribution is 9.09. The Morgan fingerprint density at radius 3 is 2.33 bits per heavy atom. The summed E-state index contributed by atoms with van der Waals surface area (Å²) in [6.07, 6.45) is 0.857. The molecule has 0 saturated heterocycles. The number of nitrogens with one attached hydrogen (secondary N) is 1. The molecule has 0 atom stereocenters. The van der Waals surface area contributed by atoms with Crippen molar-refractivity contribution < 1.29 is 4.79 Å². The van der Waals surface area contributed by atoms with Gasteiger partial charge >= 0.3 is 0 Å². The molecular weight excluding hydrogens is 339 g/mol. The lowest BCUT2D eigenvalue weighted by atomic mass is 10.1. The zero-order chi connectivity index (χ0) is 13.7. The molecule has 0 bridgehead atoms. The summed E-state index contributed by atoms with van der Waals surface area (Å²) < 4.78 is 0. The molecule has 1 aromatic rings. The quantitative estimate of drug-likeness (QED) is 0.822. The number of halogens is 3. The summed E-state index contributed by atoms with van der Waals surface area (Å²) >= 11 is 15.7. The number of rotatable bonds is 5. The maximum atomic E-state index is 11.5. The van der Waals surface area contributed by atoms with E-state index >= 15 is 0 Å². The summed E-state index contributed by atoms with van der Waals surface area (Å²) in [6.45, 7) is 0.171. The van der Waals surface area contributed by atoms with E-state index in [-0.39, 0.29) is 12.5 Å². The van der Waals surface area contributed by atoms with Crippen molar-refractivity contribution in [3.05, 3.63) is 27.7 Å². The standard InChI is InChI=1S/C12H15BrCl2N2O/c1-17(2)11(18)7-16-12-9(14)5-8(3-4-13)6-10(12)15/h5-6,16H,3-4,7H2,1-2H3. The largest absolute Gasteiger partial charge is 0.374 e. The van der Waals surface area contributed by atoms with Crippen LogP contribution in [0.15, 0.2) is 12.1 Å². The van der Waals surface area contributed by atoms with Crippen LogP contribution in [0.2, 0.25) is 10.0 Å². The number of benzene rings is 1. The molecule has 1 rings (SSSR count). The number of aryl methyl sites for hydroxylation is 1. The SMILES string of the molecule is CN(C)C(=O)CNc1c(Cl)cc(CCBr)cc1Cl. The van der Waals surface area contributed by atoms with Gasteiger partial charge in [-0.15, -0.1) is 0 Å². The van der Waals surface area contributed by atoms with Crippen LogP contribution in [0.25, 0.3) is 0 Å². The highest BCUT2D eigenvalue weighted by Crippen LogP contribution is 2.32. The molecule has 1 aromatic carbocycles. The summed E-state index contributed by atoms with van der Waals surface area (Å²) in [5.74, 6) is -0.0355. The Hall–Kier alpha value is -0.450. The highest BCUT2D eigenvalue weighted by Gasteiger charge is 2.10. The number of alkyl halides is 1. The summed E-state index contributed by atoms with van der Waals surface area (Å²) in [7, 11) is 3.40. The molecule has 100 valence electrons. The first-order chi connectivity index (χ1) is 8.45. The highest BCUT2D eigenvalue weighted by atomic mass is 79.9. The predicted molar refractivity (Wildman–Crippen MR) is 81.1 cm³/mol. The molecule has 0 aliphatic carbocycles. The Kier molecular flexibility index (Phi) is 6.26. The molecule has 3 nitrogen and oxygen atoms in total. The molecule has 0 radical (unpaired) electrons. The van der Waals surface area contributed by atoms with Crippen LogP contribution >= 0.6 is 39.1 Å². The van der Waals surface area contributed by atoms with Crippen LogP contribution in [0.5, 0.6) is 0 Å². The van der Waals surface area contributed by atoms with Crippen LogP contribution < -0.4 is 5.32 Å². The fraction of sp³-hybridized carbons (Fsp3) is 0.417. The Morgan fingerprint density at radius 2 is 1.89 bits per heavy atom. The van der Waals surface area contributed by atoms with Gasteiger partial charge in [0, 0.05) is 19.4 Å². The topological polar surface area (TPSA) is 32.3 Å². The normalized spacial score (nSPS) is 10.3. The van der Waals surface area contributed by atoms with E-state index in [4.69, 9.17) is 23.2 Å². The number of carbonyl (C=O) groups excluding carboxylic acids is 1. The second-order valence-electron chi connectivity index (χ2n) is 4.02. The first kappa shape index (κ1) is 15.6. The monoisotopic (exact) mass is 352 g/mol. The van der Waals surface area contributed by atoms with Crippen molar-refractivity contribution >= 4 is 50.7 Å². The van der Waals surface area contributed by atoms with Crippen molar-refractivity contribution in [1.82, 2.24) is 4.90 Å². The predicted octanol–water partition coefficient (Wildman–Crippen LogP) is 3.43. The number of amides is 1. The summed E-state index contributed by atoms with van der Waals surface area (Å²) in [5, 5.41) is 4.88.